The fraction of sp³-hybridized carbons (Fsp3) is 0.233. The molecule has 1 N–H and O–H groups in total. The third-order valence-corrected chi connectivity index (χ3v) is 5.79. The van der Waals surface area contributed by atoms with E-state index in [-0.39, 0.29) is 5.91 Å². The van der Waals surface area contributed by atoms with Gasteiger partial charge in [0.05, 0.1) is 6.61 Å². The molecule has 0 spiro atoms. The zero-order chi connectivity index (χ0) is 23.8. The molecule has 4 heteroatoms. The number of unbranched alkanes of at least 4 members (excludes halogenated alkanes) is 1. The van der Waals surface area contributed by atoms with Crippen LogP contribution >= 0.6 is 0 Å². The minimum Gasteiger partial charge on any atom is -0.493 e. The maximum absolute atomic E-state index is 12.9. The van der Waals surface area contributed by atoms with Gasteiger partial charge < -0.3 is 14.8 Å². The second kappa shape index (κ2) is 11.4. The van der Waals surface area contributed by atoms with Gasteiger partial charge in [0.2, 0.25) is 0 Å². The number of nitrogens with one attached hydrogen (secondary N) is 1. The molecule has 0 aliphatic heterocycles. The van der Waals surface area contributed by atoms with Crippen molar-refractivity contribution in [1.29, 1.82) is 0 Å². The highest BCUT2D eigenvalue weighted by Crippen LogP contribution is 2.28. The number of hydrogen-bond donors (Lipinski definition) is 1. The third kappa shape index (κ3) is 5.76. The first-order valence-corrected chi connectivity index (χ1v) is 11.9. The summed E-state index contributed by atoms with van der Waals surface area (Å²) in [4.78, 5) is 12.9. The van der Waals surface area contributed by atoms with Crippen molar-refractivity contribution in [2.45, 2.75) is 39.7 Å². The Morgan fingerprint density at radius 3 is 2.41 bits per heavy atom. The highest BCUT2D eigenvalue weighted by Gasteiger charge is 2.13. The second-order valence-electron chi connectivity index (χ2n) is 8.28. The lowest BCUT2D eigenvalue weighted by molar-refractivity contribution is 0.102. The smallest absolute Gasteiger partial charge is 0.255 e. The van der Waals surface area contributed by atoms with E-state index in [0.29, 0.717) is 18.8 Å². The lowest BCUT2D eigenvalue weighted by Gasteiger charge is -2.14. The molecule has 4 nitrogen and oxygen atoms in total. The molecule has 0 aliphatic rings. The van der Waals surface area contributed by atoms with E-state index in [4.69, 9.17) is 9.47 Å². The number of benzene rings is 4. The van der Waals surface area contributed by atoms with Crippen molar-refractivity contribution in [3.63, 3.8) is 0 Å². The fourth-order valence-electron chi connectivity index (χ4n) is 3.95. The number of hydrogen-bond acceptors (Lipinski definition) is 3. The predicted octanol–water partition coefficient (Wildman–Crippen LogP) is 7.41. The molecule has 0 atom stereocenters. The van der Waals surface area contributed by atoms with Crippen LogP contribution in [0.3, 0.4) is 0 Å². The Morgan fingerprint density at radius 1 is 0.824 bits per heavy atom. The molecule has 0 unspecified atom stereocenters. The zero-order valence-electron chi connectivity index (χ0n) is 19.8. The van der Waals surface area contributed by atoms with E-state index in [0.717, 1.165) is 39.9 Å². The summed E-state index contributed by atoms with van der Waals surface area (Å²) in [6, 6.07) is 27.7. The van der Waals surface area contributed by atoms with Gasteiger partial charge in [0, 0.05) is 22.2 Å². The number of ether oxygens (including phenoxy) is 2. The first kappa shape index (κ1) is 23.4. The molecule has 4 aromatic carbocycles. The topological polar surface area (TPSA) is 47.6 Å². The molecule has 4 aromatic rings. The molecule has 4 rings (SSSR count). The molecule has 0 aromatic heterocycles. The summed E-state index contributed by atoms with van der Waals surface area (Å²) in [6.07, 6.45) is 3.40. The van der Waals surface area contributed by atoms with E-state index in [1.165, 1.54) is 18.4 Å². The van der Waals surface area contributed by atoms with Crippen LogP contribution in [0.4, 0.5) is 5.69 Å². The molecule has 0 bridgehead atoms. The number of amides is 1. The van der Waals surface area contributed by atoms with Crippen molar-refractivity contribution >= 4 is 22.4 Å². The lowest BCUT2D eigenvalue weighted by atomic mass is 10.1. The first-order valence-electron chi connectivity index (χ1n) is 11.9. The average Bonchev–Trinajstić information content (AvgIpc) is 2.87. The molecular weight excluding hydrogens is 422 g/mol. The van der Waals surface area contributed by atoms with Gasteiger partial charge in [-0.15, -0.1) is 0 Å². The molecular formula is C30H31NO3. The van der Waals surface area contributed by atoms with Crippen molar-refractivity contribution < 1.29 is 14.3 Å². The lowest BCUT2D eigenvalue weighted by Crippen LogP contribution is -2.13. The number of rotatable bonds is 10. The molecule has 0 fully saturated rings. The molecule has 0 aliphatic carbocycles. The molecule has 174 valence electrons. The summed E-state index contributed by atoms with van der Waals surface area (Å²) in [5.41, 5.74) is 3.47. The van der Waals surface area contributed by atoms with E-state index in [1.54, 1.807) is 6.07 Å². The summed E-state index contributed by atoms with van der Waals surface area (Å²) in [5, 5.41) is 5.18. The number of carbonyl (C=O) groups is 1. The molecule has 0 radical (unpaired) electrons. The molecule has 0 heterocycles. The van der Waals surface area contributed by atoms with E-state index in [2.05, 4.69) is 36.5 Å². The van der Waals surface area contributed by atoms with Gasteiger partial charge in [-0.25, -0.2) is 0 Å². The summed E-state index contributed by atoms with van der Waals surface area (Å²) in [6.45, 7) is 4.97. The maximum Gasteiger partial charge on any atom is 0.255 e. The van der Waals surface area contributed by atoms with Crippen molar-refractivity contribution in [1.82, 2.24) is 0 Å². The van der Waals surface area contributed by atoms with Crippen LogP contribution in [0, 0.1) is 0 Å². The number of anilines is 1. The Kier molecular flexibility index (Phi) is 7.82. The van der Waals surface area contributed by atoms with Gasteiger partial charge in [-0.2, -0.15) is 0 Å². The first-order chi connectivity index (χ1) is 16.7. The maximum atomic E-state index is 12.9. The van der Waals surface area contributed by atoms with Gasteiger partial charge >= 0.3 is 0 Å². The Bertz CT molecular complexity index is 1240. The Morgan fingerprint density at radius 2 is 1.62 bits per heavy atom. The Balaban J connectivity index is 1.50. The van der Waals surface area contributed by atoms with Crippen LogP contribution in [0.1, 0.15) is 48.2 Å². The molecule has 34 heavy (non-hydrogen) atoms. The quantitative estimate of drug-likeness (QED) is 0.272. The van der Waals surface area contributed by atoms with E-state index in [9.17, 15) is 4.79 Å². The van der Waals surface area contributed by atoms with Gasteiger partial charge in [-0.05, 0) is 67.1 Å². The predicted molar refractivity (Wildman–Crippen MR) is 139 cm³/mol. The second-order valence-corrected chi connectivity index (χ2v) is 8.28. The van der Waals surface area contributed by atoms with Crippen LogP contribution < -0.4 is 14.8 Å². The Hall–Kier alpha value is -3.79. The van der Waals surface area contributed by atoms with Gasteiger partial charge in [0.1, 0.15) is 18.1 Å². The van der Waals surface area contributed by atoms with Crippen molar-refractivity contribution in [2.24, 2.45) is 0 Å². The van der Waals surface area contributed by atoms with Crippen LogP contribution in [0.2, 0.25) is 0 Å². The molecule has 0 saturated heterocycles. The van der Waals surface area contributed by atoms with Crippen molar-refractivity contribution in [3.05, 3.63) is 102 Å². The monoisotopic (exact) mass is 453 g/mol. The van der Waals surface area contributed by atoms with Crippen LogP contribution in [0.15, 0.2) is 84.9 Å². The van der Waals surface area contributed by atoms with Gasteiger partial charge in [-0.3, -0.25) is 4.79 Å². The van der Waals surface area contributed by atoms with E-state index >= 15 is 0 Å². The van der Waals surface area contributed by atoms with E-state index in [1.807, 2.05) is 61.5 Å². The minimum atomic E-state index is -0.157. The number of fused-ring (bicyclic) bond motifs is 1. The zero-order valence-corrected chi connectivity index (χ0v) is 19.8. The summed E-state index contributed by atoms with van der Waals surface area (Å²) < 4.78 is 12.0. The molecule has 0 saturated carbocycles. The van der Waals surface area contributed by atoms with Crippen molar-refractivity contribution in [3.8, 4) is 11.5 Å². The summed E-state index contributed by atoms with van der Waals surface area (Å²) >= 11 is 0. The minimum absolute atomic E-state index is 0.157. The van der Waals surface area contributed by atoms with E-state index < -0.39 is 0 Å². The normalized spacial score (nSPS) is 10.8. The fourth-order valence-corrected chi connectivity index (χ4v) is 3.95. The van der Waals surface area contributed by atoms with Gasteiger partial charge in [0.15, 0.2) is 0 Å². The number of carbonyl (C=O) groups excluding carboxylic acids is 1. The largest absolute Gasteiger partial charge is 0.493 e. The highest BCUT2D eigenvalue weighted by molar-refractivity contribution is 6.04. The van der Waals surface area contributed by atoms with Gasteiger partial charge in [-0.1, -0.05) is 61.9 Å². The number of aryl methyl sites for hydroxylation is 1. The van der Waals surface area contributed by atoms with Crippen LogP contribution in [0.5, 0.6) is 11.5 Å². The standard InChI is InChI=1S/C30H31NO3/c1-3-5-9-22-14-17-26(18-15-22)31-30(32)24-16-19-28(33-4-2)25(20-24)21-34-29-13-8-11-23-10-6-7-12-27(23)29/h6-8,10-20H,3-5,9,21H2,1-2H3,(H,31,32). The van der Waals surface area contributed by atoms with Crippen LogP contribution in [-0.4, -0.2) is 12.5 Å². The summed E-state index contributed by atoms with van der Waals surface area (Å²) in [5.74, 6) is 1.37. The third-order valence-electron chi connectivity index (χ3n) is 5.79. The highest BCUT2D eigenvalue weighted by atomic mass is 16.5. The van der Waals surface area contributed by atoms with Crippen molar-refractivity contribution in [2.75, 3.05) is 11.9 Å². The van der Waals surface area contributed by atoms with Crippen LogP contribution in [-0.2, 0) is 13.0 Å². The molecule has 1 amide bonds. The summed E-state index contributed by atoms with van der Waals surface area (Å²) in [7, 11) is 0. The van der Waals surface area contributed by atoms with Crippen LogP contribution in [0.25, 0.3) is 10.8 Å². The van der Waals surface area contributed by atoms with Gasteiger partial charge in [0.25, 0.3) is 5.91 Å². The SMILES string of the molecule is CCCCc1ccc(NC(=O)c2ccc(OCC)c(COc3cccc4ccccc34)c2)cc1. The Labute approximate surface area is 201 Å². The average molecular weight is 454 g/mol.